The van der Waals surface area contributed by atoms with Crippen LogP contribution >= 0.6 is 11.6 Å². The van der Waals surface area contributed by atoms with Gasteiger partial charge in [0.2, 0.25) is 0 Å². The van der Waals surface area contributed by atoms with Crippen molar-refractivity contribution >= 4 is 33.2 Å². The van der Waals surface area contributed by atoms with Crippen molar-refractivity contribution in [2.45, 2.75) is 11.4 Å². The van der Waals surface area contributed by atoms with Crippen molar-refractivity contribution in [3.63, 3.8) is 0 Å². The fourth-order valence-electron chi connectivity index (χ4n) is 2.64. The van der Waals surface area contributed by atoms with Gasteiger partial charge < -0.3 is 10.1 Å². The van der Waals surface area contributed by atoms with E-state index in [9.17, 15) is 13.2 Å². The van der Waals surface area contributed by atoms with Crippen LogP contribution in [0.2, 0.25) is 5.02 Å². The van der Waals surface area contributed by atoms with Gasteiger partial charge in [-0.15, -0.1) is 0 Å². The van der Waals surface area contributed by atoms with Gasteiger partial charge in [-0.05, 0) is 54.6 Å². The number of anilines is 1. The predicted molar refractivity (Wildman–Crippen MR) is 113 cm³/mol. The molecule has 0 spiro atoms. The van der Waals surface area contributed by atoms with E-state index < -0.39 is 10.0 Å². The van der Waals surface area contributed by atoms with Gasteiger partial charge in [-0.1, -0.05) is 29.8 Å². The number of sulfonamides is 1. The minimum atomic E-state index is -3.74. The molecule has 8 heteroatoms. The first-order valence-corrected chi connectivity index (χ1v) is 10.5. The van der Waals surface area contributed by atoms with Crippen molar-refractivity contribution in [1.82, 2.24) is 5.32 Å². The van der Waals surface area contributed by atoms with E-state index in [2.05, 4.69) is 10.0 Å². The second-order valence-corrected chi connectivity index (χ2v) is 8.25. The highest BCUT2D eigenvalue weighted by atomic mass is 35.5. The predicted octanol–water partition coefficient (Wildman–Crippen LogP) is 4.08. The van der Waals surface area contributed by atoms with Gasteiger partial charge in [0, 0.05) is 28.4 Å². The standard InChI is InChI=1S/C21H19ClN2O4S/c1-28-20-5-3-2-4-16(20)14-23-21(25)15-6-10-18(11-7-15)24-29(26,27)19-12-8-17(22)9-13-19/h2-13,24H,14H2,1H3,(H,23,25). The molecule has 29 heavy (non-hydrogen) atoms. The normalized spacial score (nSPS) is 11.0. The Balaban J connectivity index is 1.65. The summed E-state index contributed by atoms with van der Waals surface area (Å²) in [4.78, 5) is 12.5. The Morgan fingerprint density at radius 3 is 2.28 bits per heavy atom. The van der Waals surface area contributed by atoms with Crippen LogP contribution in [0.25, 0.3) is 0 Å². The summed E-state index contributed by atoms with van der Waals surface area (Å²) in [5, 5.41) is 3.27. The van der Waals surface area contributed by atoms with Crippen molar-refractivity contribution in [2.24, 2.45) is 0 Å². The van der Waals surface area contributed by atoms with Crippen LogP contribution in [-0.2, 0) is 16.6 Å². The lowest BCUT2D eigenvalue weighted by atomic mass is 10.1. The minimum Gasteiger partial charge on any atom is -0.496 e. The number of benzene rings is 3. The number of para-hydroxylation sites is 1. The number of carbonyl (C=O) groups excluding carboxylic acids is 1. The fraction of sp³-hybridized carbons (Fsp3) is 0.0952. The quantitative estimate of drug-likeness (QED) is 0.591. The highest BCUT2D eigenvalue weighted by molar-refractivity contribution is 7.92. The SMILES string of the molecule is COc1ccccc1CNC(=O)c1ccc(NS(=O)(=O)c2ccc(Cl)cc2)cc1. The maximum atomic E-state index is 12.4. The van der Waals surface area contributed by atoms with Crippen LogP contribution in [0, 0.1) is 0 Å². The lowest BCUT2D eigenvalue weighted by molar-refractivity contribution is 0.0950. The first-order chi connectivity index (χ1) is 13.9. The summed E-state index contributed by atoms with van der Waals surface area (Å²) in [6.07, 6.45) is 0. The van der Waals surface area contributed by atoms with Crippen LogP contribution < -0.4 is 14.8 Å². The molecular weight excluding hydrogens is 412 g/mol. The number of rotatable bonds is 7. The highest BCUT2D eigenvalue weighted by Crippen LogP contribution is 2.19. The van der Waals surface area contributed by atoms with Crippen LogP contribution in [0.5, 0.6) is 5.75 Å². The van der Waals surface area contributed by atoms with Gasteiger partial charge >= 0.3 is 0 Å². The summed E-state index contributed by atoms with van der Waals surface area (Å²) in [5.41, 5.74) is 1.62. The molecule has 6 nitrogen and oxygen atoms in total. The first kappa shape index (κ1) is 20.7. The average molecular weight is 431 g/mol. The Morgan fingerprint density at radius 2 is 1.62 bits per heavy atom. The summed E-state index contributed by atoms with van der Waals surface area (Å²) in [5.74, 6) is 0.419. The molecule has 1 amide bonds. The molecule has 0 aliphatic heterocycles. The molecule has 0 bridgehead atoms. The van der Waals surface area contributed by atoms with Gasteiger partial charge in [0.15, 0.2) is 0 Å². The Kier molecular flexibility index (Phi) is 6.41. The molecule has 0 fully saturated rings. The third-order valence-corrected chi connectivity index (χ3v) is 5.80. The van der Waals surface area contributed by atoms with Gasteiger partial charge in [0.25, 0.3) is 15.9 Å². The number of hydrogen-bond acceptors (Lipinski definition) is 4. The molecule has 3 aromatic rings. The van der Waals surface area contributed by atoms with E-state index in [4.69, 9.17) is 16.3 Å². The topological polar surface area (TPSA) is 84.5 Å². The van der Waals surface area contributed by atoms with Crippen molar-refractivity contribution < 1.29 is 17.9 Å². The molecule has 0 aliphatic rings. The van der Waals surface area contributed by atoms with Crippen molar-refractivity contribution in [3.05, 3.63) is 88.9 Å². The highest BCUT2D eigenvalue weighted by Gasteiger charge is 2.14. The number of carbonyl (C=O) groups is 1. The molecule has 0 saturated carbocycles. The largest absolute Gasteiger partial charge is 0.496 e. The number of ether oxygens (including phenoxy) is 1. The molecule has 0 aliphatic carbocycles. The molecule has 0 heterocycles. The maximum absolute atomic E-state index is 12.4. The molecule has 3 rings (SSSR count). The number of nitrogens with one attached hydrogen (secondary N) is 2. The van der Waals surface area contributed by atoms with Crippen LogP contribution in [0.1, 0.15) is 15.9 Å². The van der Waals surface area contributed by atoms with Crippen molar-refractivity contribution in [1.29, 1.82) is 0 Å². The molecule has 3 aromatic carbocycles. The van der Waals surface area contributed by atoms with Crippen molar-refractivity contribution in [2.75, 3.05) is 11.8 Å². The molecular formula is C21H19ClN2O4S. The van der Waals surface area contributed by atoms with Gasteiger partial charge in [0.1, 0.15) is 5.75 Å². The van der Waals surface area contributed by atoms with Crippen LogP contribution in [0.15, 0.2) is 77.7 Å². The average Bonchev–Trinajstić information content (AvgIpc) is 2.72. The van der Waals surface area contributed by atoms with Crippen LogP contribution in [-0.4, -0.2) is 21.4 Å². The number of hydrogen-bond donors (Lipinski definition) is 2. The summed E-state index contributed by atoms with van der Waals surface area (Å²) in [6.45, 7) is 0.313. The van der Waals surface area contributed by atoms with Crippen LogP contribution in [0.4, 0.5) is 5.69 Å². The monoisotopic (exact) mass is 430 g/mol. The van der Waals surface area contributed by atoms with E-state index >= 15 is 0 Å². The maximum Gasteiger partial charge on any atom is 0.261 e. The smallest absolute Gasteiger partial charge is 0.261 e. The Bertz CT molecular complexity index is 1100. The van der Waals surface area contributed by atoms with Crippen LogP contribution in [0.3, 0.4) is 0 Å². The molecule has 2 N–H and O–H groups in total. The first-order valence-electron chi connectivity index (χ1n) is 8.67. The molecule has 0 radical (unpaired) electrons. The number of methoxy groups -OCH3 is 1. The van der Waals surface area contributed by atoms with Gasteiger partial charge in [-0.25, -0.2) is 8.42 Å². The lowest BCUT2D eigenvalue weighted by Crippen LogP contribution is -2.23. The summed E-state index contributed by atoms with van der Waals surface area (Å²) in [6, 6.07) is 19.4. The van der Waals surface area contributed by atoms with Gasteiger partial charge in [0.05, 0.1) is 12.0 Å². The van der Waals surface area contributed by atoms with Gasteiger partial charge in [-0.3, -0.25) is 9.52 Å². The molecule has 0 aromatic heterocycles. The Hall–Kier alpha value is -3.03. The van der Waals surface area contributed by atoms with E-state index in [1.807, 2.05) is 24.3 Å². The zero-order chi connectivity index (χ0) is 20.9. The van der Waals surface area contributed by atoms with E-state index in [0.29, 0.717) is 28.6 Å². The summed E-state index contributed by atoms with van der Waals surface area (Å²) < 4.78 is 32.6. The third kappa shape index (κ3) is 5.28. The number of amides is 1. The minimum absolute atomic E-state index is 0.0977. The zero-order valence-electron chi connectivity index (χ0n) is 15.6. The van der Waals surface area contributed by atoms with E-state index in [1.165, 1.54) is 36.4 Å². The molecule has 150 valence electrons. The lowest BCUT2D eigenvalue weighted by Gasteiger charge is -2.11. The summed E-state index contributed by atoms with van der Waals surface area (Å²) >= 11 is 5.79. The Labute approximate surface area is 174 Å². The molecule has 0 unspecified atom stereocenters. The number of halogens is 1. The van der Waals surface area contributed by atoms with Crippen molar-refractivity contribution in [3.8, 4) is 5.75 Å². The second kappa shape index (κ2) is 8.98. The molecule has 0 atom stereocenters. The fourth-order valence-corrected chi connectivity index (χ4v) is 3.83. The van der Waals surface area contributed by atoms with E-state index in [1.54, 1.807) is 19.2 Å². The summed E-state index contributed by atoms with van der Waals surface area (Å²) in [7, 11) is -2.17. The Morgan fingerprint density at radius 1 is 0.966 bits per heavy atom. The van der Waals surface area contributed by atoms with Gasteiger partial charge in [-0.2, -0.15) is 0 Å². The second-order valence-electron chi connectivity index (χ2n) is 6.13. The zero-order valence-corrected chi connectivity index (χ0v) is 17.1. The van der Waals surface area contributed by atoms with E-state index in [-0.39, 0.29) is 10.8 Å². The third-order valence-electron chi connectivity index (χ3n) is 4.16. The molecule has 0 saturated heterocycles. The van der Waals surface area contributed by atoms with E-state index in [0.717, 1.165) is 5.56 Å².